The van der Waals surface area contributed by atoms with E-state index in [4.69, 9.17) is 16.3 Å². The topological polar surface area (TPSA) is 72.8 Å². The van der Waals surface area contributed by atoms with Crippen molar-refractivity contribution in [2.75, 3.05) is 19.0 Å². The average molecular weight is 428 g/mol. The SMILES string of the molecule is COc1ccc(NC(=O)[C@H]([NH2+]CCCn2nc(C)cc2C)c2ccccc2)cc1Cl. The maximum atomic E-state index is 13.1. The van der Waals surface area contributed by atoms with E-state index in [-0.39, 0.29) is 11.9 Å². The second kappa shape index (κ2) is 10.3. The minimum atomic E-state index is -0.354. The van der Waals surface area contributed by atoms with Gasteiger partial charge in [0, 0.05) is 29.9 Å². The van der Waals surface area contributed by atoms with Crippen LogP contribution in [0.5, 0.6) is 5.75 Å². The van der Waals surface area contributed by atoms with Crippen LogP contribution < -0.4 is 15.4 Å². The van der Waals surface area contributed by atoms with Gasteiger partial charge in [0.2, 0.25) is 0 Å². The van der Waals surface area contributed by atoms with Crippen molar-refractivity contribution in [1.29, 1.82) is 0 Å². The first-order valence-corrected chi connectivity index (χ1v) is 10.4. The van der Waals surface area contributed by atoms with E-state index in [9.17, 15) is 4.79 Å². The van der Waals surface area contributed by atoms with Crippen LogP contribution >= 0.6 is 11.6 Å². The van der Waals surface area contributed by atoms with Gasteiger partial charge in [0.05, 0.1) is 24.4 Å². The van der Waals surface area contributed by atoms with E-state index in [0.717, 1.165) is 36.5 Å². The van der Waals surface area contributed by atoms with E-state index >= 15 is 0 Å². The Labute approximate surface area is 182 Å². The Morgan fingerprint density at radius 2 is 1.97 bits per heavy atom. The van der Waals surface area contributed by atoms with E-state index in [1.165, 1.54) is 0 Å². The number of methoxy groups -OCH3 is 1. The van der Waals surface area contributed by atoms with Gasteiger partial charge in [0.25, 0.3) is 5.91 Å². The molecule has 0 saturated carbocycles. The summed E-state index contributed by atoms with van der Waals surface area (Å²) in [5.74, 6) is 0.485. The molecule has 1 amide bonds. The normalized spacial score (nSPS) is 11.9. The predicted octanol–water partition coefficient (Wildman–Crippen LogP) is 3.50. The van der Waals surface area contributed by atoms with Crippen LogP contribution in [0.3, 0.4) is 0 Å². The fraction of sp³-hybridized carbons (Fsp3) is 0.304. The number of ether oxygens (including phenoxy) is 1. The number of nitrogens with two attached hydrogens (primary N) is 1. The highest BCUT2D eigenvalue weighted by molar-refractivity contribution is 6.32. The minimum absolute atomic E-state index is 0.0893. The summed E-state index contributed by atoms with van der Waals surface area (Å²) >= 11 is 6.19. The molecule has 1 aromatic heterocycles. The summed E-state index contributed by atoms with van der Waals surface area (Å²) < 4.78 is 7.19. The molecule has 0 spiro atoms. The lowest BCUT2D eigenvalue weighted by Gasteiger charge is -2.16. The summed E-state index contributed by atoms with van der Waals surface area (Å²) in [7, 11) is 1.56. The quantitative estimate of drug-likeness (QED) is 0.513. The molecule has 7 heteroatoms. The fourth-order valence-electron chi connectivity index (χ4n) is 3.45. The van der Waals surface area contributed by atoms with Crippen LogP contribution in [0.1, 0.15) is 29.4 Å². The molecule has 158 valence electrons. The first-order valence-electron chi connectivity index (χ1n) is 10.0. The number of nitrogens with one attached hydrogen (secondary N) is 1. The van der Waals surface area contributed by atoms with Gasteiger partial charge >= 0.3 is 0 Å². The van der Waals surface area contributed by atoms with Crippen molar-refractivity contribution in [1.82, 2.24) is 9.78 Å². The Hall–Kier alpha value is -2.83. The molecule has 6 nitrogen and oxygen atoms in total. The molecule has 0 unspecified atom stereocenters. The summed E-state index contributed by atoms with van der Waals surface area (Å²) in [6.45, 7) is 5.68. The highest BCUT2D eigenvalue weighted by atomic mass is 35.5. The number of carbonyl (C=O) groups excluding carboxylic acids is 1. The summed E-state index contributed by atoms with van der Waals surface area (Å²) in [4.78, 5) is 13.1. The third kappa shape index (κ3) is 5.62. The number of amides is 1. The molecular formula is C23H28ClN4O2+. The molecule has 0 aliphatic rings. The van der Waals surface area contributed by atoms with Crippen LogP contribution in [-0.2, 0) is 11.3 Å². The smallest absolute Gasteiger partial charge is 0.287 e. The molecule has 0 aliphatic carbocycles. The lowest BCUT2D eigenvalue weighted by molar-refractivity contribution is -0.682. The van der Waals surface area contributed by atoms with Crippen molar-refractivity contribution in [3.8, 4) is 5.75 Å². The number of quaternary nitrogens is 1. The molecule has 3 aromatic rings. The van der Waals surface area contributed by atoms with Crippen LogP contribution in [0, 0.1) is 13.8 Å². The molecule has 1 atom stereocenters. The molecular weight excluding hydrogens is 400 g/mol. The second-order valence-corrected chi connectivity index (χ2v) is 7.66. The molecule has 30 heavy (non-hydrogen) atoms. The number of hydrogen-bond acceptors (Lipinski definition) is 3. The van der Waals surface area contributed by atoms with Gasteiger partial charge < -0.3 is 15.4 Å². The molecule has 3 rings (SSSR count). The number of hydrogen-bond donors (Lipinski definition) is 2. The Bertz CT molecular complexity index is 988. The number of anilines is 1. The summed E-state index contributed by atoms with van der Waals surface area (Å²) in [6.07, 6.45) is 0.910. The average Bonchev–Trinajstić information content (AvgIpc) is 3.05. The standard InChI is InChI=1S/C23H27ClN4O2/c1-16-14-17(2)28(27-16)13-7-12-25-22(18-8-5-4-6-9-18)23(29)26-19-10-11-21(30-3)20(24)15-19/h4-6,8-11,14-15,22,25H,7,12-13H2,1-3H3,(H,26,29)/p+1/t22-/m1/s1. The summed E-state index contributed by atoms with van der Waals surface area (Å²) in [5.41, 5.74) is 3.78. The van der Waals surface area contributed by atoms with Crippen molar-refractivity contribution in [2.45, 2.75) is 32.9 Å². The van der Waals surface area contributed by atoms with Gasteiger partial charge in [0.15, 0.2) is 6.04 Å². The van der Waals surface area contributed by atoms with Gasteiger partial charge in [0.1, 0.15) is 5.75 Å². The summed E-state index contributed by atoms with van der Waals surface area (Å²) in [5, 5.41) is 10.0. The number of carbonyl (C=O) groups is 1. The molecule has 0 saturated heterocycles. The Morgan fingerprint density at radius 3 is 2.60 bits per heavy atom. The molecule has 0 radical (unpaired) electrons. The van der Waals surface area contributed by atoms with Crippen LogP contribution in [0.2, 0.25) is 5.02 Å². The lowest BCUT2D eigenvalue weighted by atomic mass is 10.1. The van der Waals surface area contributed by atoms with Crippen LogP contribution in [0.15, 0.2) is 54.6 Å². The van der Waals surface area contributed by atoms with Gasteiger partial charge in [-0.15, -0.1) is 0 Å². The highest BCUT2D eigenvalue weighted by Crippen LogP contribution is 2.27. The predicted molar refractivity (Wildman–Crippen MR) is 119 cm³/mol. The molecule has 1 heterocycles. The highest BCUT2D eigenvalue weighted by Gasteiger charge is 2.24. The fourth-order valence-corrected chi connectivity index (χ4v) is 3.70. The zero-order chi connectivity index (χ0) is 21.5. The maximum absolute atomic E-state index is 13.1. The molecule has 0 bridgehead atoms. The zero-order valence-electron chi connectivity index (χ0n) is 17.6. The van der Waals surface area contributed by atoms with Crippen LogP contribution in [0.25, 0.3) is 0 Å². The van der Waals surface area contributed by atoms with Gasteiger partial charge in [-0.3, -0.25) is 9.48 Å². The Balaban J connectivity index is 1.65. The molecule has 3 N–H and O–H groups in total. The third-order valence-corrected chi connectivity index (χ3v) is 5.24. The number of aryl methyl sites for hydroxylation is 3. The van der Waals surface area contributed by atoms with Gasteiger partial charge in [-0.1, -0.05) is 41.9 Å². The van der Waals surface area contributed by atoms with Crippen molar-refractivity contribution in [3.63, 3.8) is 0 Å². The number of nitrogens with zero attached hydrogens (tertiary/aromatic N) is 2. The Morgan fingerprint density at radius 1 is 1.20 bits per heavy atom. The first kappa shape index (κ1) is 21.9. The van der Waals surface area contributed by atoms with Crippen molar-refractivity contribution in [3.05, 3.63) is 76.6 Å². The van der Waals surface area contributed by atoms with Crippen LogP contribution in [-0.4, -0.2) is 29.3 Å². The zero-order valence-corrected chi connectivity index (χ0v) is 18.3. The maximum Gasteiger partial charge on any atom is 0.287 e. The van der Waals surface area contributed by atoms with Gasteiger partial charge in [-0.05, 0) is 38.1 Å². The van der Waals surface area contributed by atoms with E-state index in [1.54, 1.807) is 25.3 Å². The second-order valence-electron chi connectivity index (χ2n) is 7.26. The number of rotatable bonds is 9. The Kier molecular flexibility index (Phi) is 7.49. The monoisotopic (exact) mass is 427 g/mol. The number of aromatic nitrogens is 2. The number of halogens is 1. The van der Waals surface area contributed by atoms with Gasteiger partial charge in [-0.2, -0.15) is 5.10 Å². The van der Waals surface area contributed by atoms with Gasteiger partial charge in [-0.25, -0.2) is 0 Å². The third-order valence-electron chi connectivity index (χ3n) is 4.94. The van der Waals surface area contributed by atoms with E-state index < -0.39 is 0 Å². The summed E-state index contributed by atoms with van der Waals surface area (Å²) in [6, 6.07) is 16.7. The van der Waals surface area contributed by atoms with Crippen LogP contribution in [0.4, 0.5) is 5.69 Å². The van der Waals surface area contributed by atoms with E-state index in [2.05, 4.69) is 28.7 Å². The molecule has 0 fully saturated rings. The van der Waals surface area contributed by atoms with Crippen molar-refractivity contribution < 1.29 is 14.8 Å². The van der Waals surface area contributed by atoms with Crippen molar-refractivity contribution in [2.24, 2.45) is 0 Å². The molecule has 2 aromatic carbocycles. The lowest BCUT2D eigenvalue weighted by Crippen LogP contribution is -2.87. The van der Waals surface area contributed by atoms with Crippen molar-refractivity contribution >= 4 is 23.2 Å². The molecule has 0 aliphatic heterocycles. The number of benzene rings is 2. The largest absolute Gasteiger partial charge is 0.495 e. The first-order chi connectivity index (χ1) is 14.5. The van der Waals surface area contributed by atoms with E-state index in [1.807, 2.05) is 41.9 Å². The van der Waals surface area contributed by atoms with E-state index in [0.29, 0.717) is 16.5 Å². The minimum Gasteiger partial charge on any atom is -0.495 e.